The lowest BCUT2D eigenvalue weighted by Crippen LogP contribution is -2.15. The third-order valence-corrected chi connectivity index (χ3v) is 4.35. The molecule has 2 aromatic rings. The SMILES string of the molecule is C=Cc1ccc2c(c1)OCCOCCOc1cc(C=C)ccc1OCCOCCO2. The van der Waals surface area contributed by atoms with E-state index in [9.17, 15) is 0 Å². The Hall–Kier alpha value is -2.96. The van der Waals surface area contributed by atoms with Crippen LogP contribution in [-0.2, 0) is 9.47 Å². The fraction of sp³-hybridized carbons (Fsp3) is 0.333. The van der Waals surface area contributed by atoms with Crippen LogP contribution in [0.4, 0.5) is 0 Å². The van der Waals surface area contributed by atoms with Crippen LogP contribution in [0.1, 0.15) is 11.1 Å². The van der Waals surface area contributed by atoms with Gasteiger partial charge in [-0.2, -0.15) is 0 Å². The quantitative estimate of drug-likeness (QED) is 0.736. The van der Waals surface area contributed by atoms with E-state index in [1.54, 1.807) is 12.2 Å². The molecule has 3 rings (SSSR count). The Morgan fingerprint density at radius 1 is 0.500 bits per heavy atom. The van der Waals surface area contributed by atoms with Crippen molar-refractivity contribution in [3.63, 3.8) is 0 Å². The highest BCUT2D eigenvalue weighted by Gasteiger charge is 2.09. The minimum absolute atomic E-state index is 0.397. The molecule has 6 nitrogen and oxygen atoms in total. The van der Waals surface area contributed by atoms with Gasteiger partial charge in [0.05, 0.1) is 26.4 Å². The molecule has 0 aliphatic carbocycles. The molecule has 0 bridgehead atoms. The molecule has 0 radical (unpaired) electrons. The Labute approximate surface area is 177 Å². The Morgan fingerprint density at radius 2 is 0.867 bits per heavy atom. The summed E-state index contributed by atoms with van der Waals surface area (Å²) >= 11 is 0. The molecule has 0 saturated heterocycles. The average molecular weight is 412 g/mol. The third-order valence-electron chi connectivity index (χ3n) is 4.35. The lowest BCUT2D eigenvalue weighted by molar-refractivity contribution is 0.0640. The lowest BCUT2D eigenvalue weighted by Gasteiger charge is -2.16. The van der Waals surface area contributed by atoms with Crippen molar-refractivity contribution in [3.8, 4) is 23.0 Å². The molecule has 0 spiro atoms. The van der Waals surface area contributed by atoms with Gasteiger partial charge >= 0.3 is 0 Å². The van der Waals surface area contributed by atoms with Crippen molar-refractivity contribution in [1.29, 1.82) is 0 Å². The van der Waals surface area contributed by atoms with Crippen LogP contribution in [0.5, 0.6) is 23.0 Å². The van der Waals surface area contributed by atoms with Gasteiger partial charge in [0.15, 0.2) is 23.0 Å². The van der Waals surface area contributed by atoms with Gasteiger partial charge in [-0.15, -0.1) is 0 Å². The molecule has 0 atom stereocenters. The molecule has 0 unspecified atom stereocenters. The van der Waals surface area contributed by atoms with Crippen molar-refractivity contribution in [2.24, 2.45) is 0 Å². The largest absolute Gasteiger partial charge is 0.487 e. The molecule has 0 aromatic heterocycles. The van der Waals surface area contributed by atoms with E-state index >= 15 is 0 Å². The zero-order valence-electron chi connectivity index (χ0n) is 17.1. The minimum atomic E-state index is 0.397. The Bertz CT molecular complexity index is 765. The van der Waals surface area contributed by atoms with E-state index < -0.39 is 0 Å². The highest BCUT2D eigenvalue weighted by atomic mass is 16.6. The van der Waals surface area contributed by atoms with Crippen molar-refractivity contribution in [1.82, 2.24) is 0 Å². The van der Waals surface area contributed by atoms with Gasteiger partial charge in [-0.25, -0.2) is 0 Å². The van der Waals surface area contributed by atoms with Gasteiger partial charge in [-0.3, -0.25) is 0 Å². The van der Waals surface area contributed by atoms with Gasteiger partial charge in [0.25, 0.3) is 0 Å². The second kappa shape index (κ2) is 11.9. The molecular formula is C24H28O6. The lowest BCUT2D eigenvalue weighted by atomic mass is 10.2. The average Bonchev–Trinajstić information content (AvgIpc) is 2.78. The standard InChI is InChI=1S/C24H28O6/c1-3-19-5-7-21-23(17-19)29-15-11-26-12-16-30-24-18-20(4-2)6-8-22(24)28-14-10-25-9-13-27-21/h3-8,17-18H,1-2,9-16H2. The van der Waals surface area contributed by atoms with Gasteiger partial charge in [-0.05, 0) is 35.4 Å². The summed E-state index contributed by atoms with van der Waals surface area (Å²) in [5.41, 5.74) is 1.92. The van der Waals surface area contributed by atoms with Crippen LogP contribution in [0.3, 0.4) is 0 Å². The summed E-state index contributed by atoms with van der Waals surface area (Å²) < 4.78 is 34.6. The molecular weight excluding hydrogens is 384 g/mol. The number of benzene rings is 2. The number of hydrogen-bond acceptors (Lipinski definition) is 6. The second-order valence-electron chi connectivity index (χ2n) is 6.44. The zero-order chi connectivity index (χ0) is 21.0. The molecule has 160 valence electrons. The van der Waals surface area contributed by atoms with Crippen molar-refractivity contribution in [2.45, 2.75) is 0 Å². The van der Waals surface area contributed by atoms with Crippen LogP contribution in [0, 0.1) is 0 Å². The van der Waals surface area contributed by atoms with Crippen LogP contribution >= 0.6 is 0 Å². The summed E-state index contributed by atoms with van der Waals surface area (Å²) in [4.78, 5) is 0. The molecule has 1 aliphatic heterocycles. The van der Waals surface area contributed by atoms with Gasteiger partial charge in [0.1, 0.15) is 26.4 Å². The smallest absolute Gasteiger partial charge is 0.161 e. The summed E-state index contributed by atoms with van der Waals surface area (Å²) in [6, 6.07) is 11.4. The van der Waals surface area contributed by atoms with Crippen LogP contribution in [-0.4, -0.2) is 52.9 Å². The van der Waals surface area contributed by atoms with Crippen molar-refractivity contribution < 1.29 is 28.4 Å². The second-order valence-corrected chi connectivity index (χ2v) is 6.44. The predicted molar refractivity (Wildman–Crippen MR) is 117 cm³/mol. The van der Waals surface area contributed by atoms with Crippen LogP contribution < -0.4 is 18.9 Å². The fourth-order valence-electron chi connectivity index (χ4n) is 2.81. The topological polar surface area (TPSA) is 55.4 Å². The predicted octanol–water partition coefficient (Wildman–Crippen LogP) is 4.23. The van der Waals surface area contributed by atoms with Crippen LogP contribution in [0.15, 0.2) is 49.6 Å². The Balaban J connectivity index is 1.62. The number of fused-ring (bicyclic) bond motifs is 2. The molecule has 1 aliphatic rings. The molecule has 30 heavy (non-hydrogen) atoms. The van der Waals surface area contributed by atoms with E-state index in [0.29, 0.717) is 75.9 Å². The molecule has 0 N–H and O–H groups in total. The van der Waals surface area contributed by atoms with Crippen molar-refractivity contribution >= 4 is 12.2 Å². The number of rotatable bonds is 2. The molecule has 0 saturated carbocycles. The van der Waals surface area contributed by atoms with E-state index in [4.69, 9.17) is 28.4 Å². The third kappa shape index (κ3) is 6.54. The summed E-state index contributed by atoms with van der Waals surface area (Å²) in [6.07, 6.45) is 3.53. The first-order chi connectivity index (χ1) is 14.8. The van der Waals surface area contributed by atoms with Crippen LogP contribution in [0.25, 0.3) is 12.2 Å². The molecule has 0 fully saturated rings. The minimum Gasteiger partial charge on any atom is -0.487 e. The van der Waals surface area contributed by atoms with Gasteiger partial charge < -0.3 is 28.4 Å². The van der Waals surface area contributed by atoms with E-state index in [1.165, 1.54) is 0 Å². The molecule has 0 amide bonds. The number of ether oxygens (including phenoxy) is 6. The van der Waals surface area contributed by atoms with Gasteiger partial charge in [-0.1, -0.05) is 37.4 Å². The first-order valence-electron chi connectivity index (χ1n) is 10.00. The summed E-state index contributed by atoms with van der Waals surface area (Å²) in [5.74, 6) is 2.64. The first kappa shape index (κ1) is 21.7. The van der Waals surface area contributed by atoms with E-state index in [1.807, 2.05) is 36.4 Å². The normalized spacial score (nSPS) is 16.0. The zero-order valence-corrected chi connectivity index (χ0v) is 17.1. The first-order valence-corrected chi connectivity index (χ1v) is 10.00. The maximum atomic E-state index is 5.85. The van der Waals surface area contributed by atoms with Crippen molar-refractivity contribution in [3.05, 3.63) is 60.7 Å². The van der Waals surface area contributed by atoms with Gasteiger partial charge in [0.2, 0.25) is 0 Å². The monoisotopic (exact) mass is 412 g/mol. The summed E-state index contributed by atoms with van der Waals surface area (Å²) in [6.45, 7) is 10.9. The summed E-state index contributed by atoms with van der Waals surface area (Å²) in [5, 5.41) is 0. The summed E-state index contributed by atoms with van der Waals surface area (Å²) in [7, 11) is 0. The van der Waals surface area contributed by atoms with Gasteiger partial charge in [0, 0.05) is 0 Å². The molecule has 6 heteroatoms. The highest BCUT2D eigenvalue weighted by Crippen LogP contribution is 2.30. The molecule has 2 aromatic carbocycles. The fourth-order valence-corrected chi connectivity index (χ4v) is 2.81. The highest BCUT2D eigenvalue weighted by molar-refractivity contribution is 5.55. The maximum absolute atomic E-state index is 5.85. The number of hydrogen-bond donors (Lipinski definition) is 0. The Kier molecular flexibility index (Phi) is 8.62. The van der Waals surface area contributed by atoms with Crippen molar-refractivity contribution in [2.75, 3.05) is 52.9 Å². The van der Waals surface area contributed by atoms with E-state index in [2.05, 4.69) is 13.2 Å². The maximum Gasteiger partial charge on any atom is 0.161 e. The van der Waals surface area contributed by atoms with Crippen LogP contribution in [0.2, 0.25) is 0 Å². The molecule has 1 heterocycles. The van der Waals surface area contributed by atoms with E-state index in [0.717, 1.165) is 11.1 Å². The Morgan fingerprint density at radius 3 is 1.23 bits per heavy atom. The van der Waals surface area contributed by atoms with E-state index in [-0.39, 0.29) is 0 Å².